The number of benzene rings is 1. The lowest BCUT2D eigenvalue weighted by Gasteiger charge is -2.40. The summed E-state index contributed by atoms with van der Waals surface area (Å²) >= 11 is 0. The van der Waals surface area contributed by atoms with Gasteiger partial charge in [0.25, 0.3) is 0 Å². The van der Waals surface area contributed by atoms with Crippen molar-refractivity contribution in [3.63, 3.8) is 0 Å². The predicted octanol–water partition coefficient (Wildman–Crippen LogP) is 1.24. The Morgan fingerprint density at radius 3 is 2.22 bits per heavy atom. The Balaban J connectivity index is 1.96. The molecule has 0 saturated carbocycles. The van der Waals surface area contributed by atoms with Gasteiger partial charge in [-0.15, -0.1) is 0 Å². The highest BCUT2D eigenvalue weighted by atomic mass is 16.3. The van der Waals surface area contributed by atoms with E-state index < -0.39 is 0 Å². The molecule has 1 amide bonds. The number of hydrogen-bond acceptors (Lipinski definition) is 4. The van der Waals surface area contributed by atoms with Crippen LogP contribution >= 0.6 is 0 Å². The lowest BCUT2D eigenvalue weighted by molar-refractivity contribution is -0.124. The molecule has 1 aliphatic rings. The van der Waals surface area contributed by atoms with E-state index in [-0.39, 0.29) is 23.5 Å². The molecule has 2 atom stereocenters. The van der Waals surface area contributed by atoms with Crippen LogP contribution in [-0.4, -0.2) is 59.6 Å². The number of carbonyl (C=O) groups excluding carboxylic acids is 1. The number of rotatable bonds is 5. The highest BCUT2D eigenvalue weighted by molar-refractivity contribution is 5.81. The Bertz CT molecular complexity index is 505. The summed E-state index contributed by atoms with van der Waals surface area (Å²) in [5, 5.41) is 10.2. The molecule has 5 nitrogen and oxygen atoms in total. The molecule has 2 rings (SSSR count). The Labute approximate surface area is 139 Å². The molecule has 0 spiro atoms. The molecule has 1 aromatic carbocycles. The number of piperazine rings is 1. The minimum atomic E-state index is -0.370. The zero-order valence-corrected chi connectivity index (χ0v) is 14.4. The number of nitrogens with zero attached hydrogens (tertiary/aromatic N) is 2. The Morgan fingerprint density at radius 1 is 1.17 bits per heavy atom. The average molecular weight is 319 g/mol. The number of nitrogens with two attached hydrogens (primary N) is 1. The Kier molecular flexibility index (Phi) is 5.79. The third-order valence-corrected chi connectivity index (χ3v) is 4.59. The Morgan fingerprint density at radius 2 is 1.74 bits per heavy atom. The van der Waals surface area contributed by atoms with Gasteiger partial charge in [0.1, 0.15) is 6.04 Å². The number of β-amino-alcohol motifs (C(OH)–C–C–N with tert-alkyl or cyclic N) is 1. The zero-order chi connectivity index (χ0) is 17.0. The van der Waals surface area contributed by atoms with E-state index in [2.05, 4.69) is 9.80 Å². The van der Waals surface area contributed by atoms with E-state index in [1.807, 2.05) is 51.1 Å². The minimum absolute atomic E-state index is 0.114. The summed E-state index contributed by atoms with van der Waals surface area (Å²) in [5.74, 6) is -0.306. The summed E-state index contributed by atoms with van der Waals surface area (Å²) in [6, 6.07) is 9.33. The molecule has 1 aliphatic heterocycles. The van der Waals surface area contributed by atoms with Gasteiger partial charge in [0, 0.05) is 32.7 Å². The predicted molar refractivity (Wildman–Crippen MR) is 91.9 cm³/mol. The van der Waals surface area contributed by atoms with Crippen LogP contribution < -0.4 is 5.73 Å². The normalized spacial score (nSPS) is 20.2. The molecule has 23 heavy (non-hydrogen) atoms. The van der Waals surface area contributed by atoms with E-state index in [1.54, 1.807) is 0 Å². The van der Waals surface area contributed by atoms with E-state index in [1.165, 1.54) is 0 Å². The molecule has 0 aromatic heterocycles. The molecule has 1 heterocycles. The van der Waals surface area contributed by atoms with E-state index >= 15 is 0 Å². The summed E-state index contributed by atoms with van der Waals surface area (Å²) in [6.07, 6.45) is -0.352. The summed E-state index contributed by atoms with van der Waals surface area (Å²) in [7, 11) is 0. The zero-order valence-electron chi connectivity index (χ0n) is 14.4. The number of hydrogen-bond donors (Lipinski definition) is 2. The molecule has 3 N–H and O–H groups in total. The van der Waals surface area contributed by atoms with Crippen LogP contribution in [0.4, 0.5) is 0 Å². The van der Waals surface area contributed by atoms with Crippen molar-refractivity contribution in [2.45, 2.75) is 32.9 Å². The number of aliphatic hydroxyl groups is 1. The van der Waals surface area contributed by atoms with E-state index in [9.17, 15) is 9.90 Å². The van der Waals surface area contributed by atoms with E-state index in [0.29, 0.717) is 6.54 Å². The second-order valence-electron chi connectivity index (χ2n) is 7.43. The van der Waals surface area contributed by atoms with Gasteiger partial charge in [-0.2, -0.15) is 0 Å². The molecule has 5 heteroatoms. The van der Waals surface area contributed by atoms with Gasteiger partial charge in [-0.3, -0.25) is 14.6 Å². The quantitative estimate of drug-likeness (QED) is 0.857. The van der Waals surface area contributed by atoms with Gasteiger partial charge in [-0.25, -0.2) is 0 Å². The second-order valence-corrected chi connectivity index (χ2v) is 7.43. The molecule has 1 saturated heterocycles. The number of aliphatic hydroxyl groups excluding tert-OH is 1. The summed E-state index contributed by atoms with van der Waals surface area (Å²) in [4.78, 5) is 16.3. The summed E-state index contributed by atoms with van der Waals surface area (Å²) in [6.45, 7) is 10.0. The molecule has 128 valence electrons. The molecule has 0 unspecified atom stereocenters. The van der Waals surface area contributed by atoms with Crippen LogP contribution in [0.15, 0.2) is 30.3 Å². The lowest BCUT2D eigenvalue weighted by Crippen LogP contribution is -2.52. The van der Waals surface area contributed by atoms with E-state index in [4.69, 9.17) is 5.73 Å². The molecule has 0 radical (unpaired) electrons. The van der Waals surface area contributed by atoms with Crippen LogP contribution in [0.2, 0.25) is 0 Å². The third-order valence-electron chi connectivity index (χ3n) is 4.59. The van der Waals surface area contributed by atoms with Crippen LogP contribution in [0.25, 0.3) is 0 Å². The Hall–Kier alpha value is -1.43. The van der Waals surface area contributed by atoms with Gasteiger partial charge in [0.05, 0.1) is 6.10 Å². The molecule has 0 bridgehead atoms. The van der Waals surface area contributed by atoms with Crippen LogP contribution in [0, 0.1) is 5.41 Å². The average Bonchev–Trinajstić information content (AvgIpc) is 2.49. The maximum atomic E-state index is 11.9. The van der Waals surface area contributed by atoms with Crippen molar-refractivity contribution in [2.75, 3.05) is 32.7 Å². The largest absolute Gasteiger partial charge is 0.391 e. The van der Waals surface area contributed by atoms with Crippen LogP contribution in [0.3, 0.4) is 0 Å². The van der Waals surface area contributed by atoms with Gasteiger partial charge in [-0.1, -0.05) is 51.1 Å². The minimum Gasteiger partial charge on any atom is -0.391 e. The van der Waals surface area contributed by atoms with Gasteiger partial charge in [-0.05, 0) is 11.0 Å². The van der Waals surface area contributed by atoms with Gasteiger partial charge in [0.2, 0.25) is 5.91 Å². The highest BCUT2D eigenvalue weighted by Gasteiger charge is 2.31. The maximum Gasteiger partial charge on any atom is 0.239 e. The summed E-state index contributed by atoms with van der Waals surface area (Å²) < 4.78 is 0. The molecular formula is C18H29N3O2. The van der Waals surface area contributed by atoms with Gasteiger partial charge >= 0.3 is 0 Å². The maximum absolute atomic E-state index is 11.9. The monoisotopic (exact) mass is 319 g/mol. The highest BCUT2D eigenvalue weighted by Crippen LogP contribution is 2.24. The van der Waals surface area contributed by atoms with Crippen molar-refractivity contribution in [1.29, 1.82) is 0 Å². The SMILES string of the molecule is CC(C)(C)[C@@H](O)CN1CCN([C@H](C(N)=O)c2ccccc2)CC1. The van der Waals surface area contributed by atoms with Gasteiger partial charge < -0.3 is 10.8 Å². The molecular weight excluding hydrogens is 290 g/mol. The fraction of sp³-hybridized carbons (Fsp3) is 0.611. The third kappa shape index (κ3) is 4.77. The first kappa shape index (κ1) is 17.9. The number of carbonyl (C=O) groups is 1. The first-order chi connectivity index (χ1) is 10.8. The topological polar surface area (TPSA) is 69.8 Å². The van der Waals surface area contributed by atoms with Crippen LogP contribution in [0.1, 0.15) is 32.4 Å². The van der Waals surface area contributed by atoms with Gasteiger partial charge in [0.15, 0.2) is 0 Å². The van der Waals surface area contributed by atoms with Crippen molar-refractivity contribution < 1.29 is 9.90 Å². The van der Waals surface area contributed by atoms with Crippen LogP contribution in [-0.2, 0) is 4.79 Å². The first-order valence-corrected chi connectivity index (χ1v) is 8.28. The smallest absolute Gasteiger partial charge is 0.239 e. The fourth-order valence-corrected chi connectivity index (χ4v) is 2.91. The molecule has 1 fully saturated rings. The molecule has 0 aliphatic carbocycles. The second kappa shape index (κ2) is 7.43. The summed E-state index contributed by atoms with van der Waals surface area (Å²) in [5.41, 5.74) is 6.47. The van der Waals surface area contributed by atoms with Crippen molar-refractivity contribution in [2.24, 2.45) is 11.1 Å². The van der Waals surface area contributed by atoms with Crippen molar-refractivity contribution in [1.82, 2.24) is 9.80 Å². The van der Waals surface area contributed by atoms with Crippen molar-refractivity contribution in [3.8, 4) is 0 Å². The first-order valence-electron chi connectivity index (χ1n) is 8.28. The number of primary amides is 1. The van der Waals surface area contributed by atoms with Crippen molar-refractivity contribution in [3.05, 3.63) is 35.9 Å². The lowest BCUT2D eigenvalue weighted by atomic mass is 9.89. The molecule has 1 aromatic rings. The van der Waals surface area contributed by atoms with E-state index in [0.717, 1.165) is 31.7 Å². The van der Waals surface area contributed by atoms with Crippen LogP contribution in [0.5, 0.6) is 0 Å². The fourth-order valence-electron chi connectivity index (χ4n) is 2.91. The standard InChI is InChI=1S/C18H29N3O2/c1-18(2,3)15(22)13-20-9-11-21(12-10-20)16(17(19)23)14-7-5-4-6-8-14/h4-8,15-16,22H,9-13H2,1-3H3,(H2,19,23)/t15-,16-/m0/s1. The van der Waals surface area contributed by atoms with Crippen molar-refractivity contribution >= 4 is 5.91 Å². The number of amides is 1.